The minimum absolute atomic E-state index is 0.0948. The predicted molar refractivity (Wildman–Crippen MR) is 120 cm³/mol. The molecule has 1 fully saturated rings. The van der Waals surface area contributed by atoms with Gasteiger partial charge in [-0.15, -0.1) is 0 Å². The Morgan fingerprint density at radius 2 is 1.84 bits per heavy atom. The van der Waals surface area contributed by atoms with Crippen LogP contribution >= 0.6 is 0 Å². The normalized spacial score (nSPS) is 13.9. The number of nitrogens with zero attached hydrogens (tertiary/aromatic N) is 4. The molecule has 0 saturated carbocycles. The van der Waals surface area contributed by atoms with E-state index in [1.165, 1.54) is 10.7 Å². The molecule has 0 unspecified atom stereocenters. The van der Waals surface area contributed by atoms with E-state index in [0.717, 1.165) is 44.0 Å². The van der Waals surface area contributed by atoms with Crippen LogP contribution in [0.2, 0.25) is 0 Å². The highest BCUT2D eigenvalue weighted by molar-refractivity contribution is 5.75. The van der Waals surface area contributed by atoms with Gasteiger partial charge in [0, 0.05) is 52.0 Å². The van der Waals surface area contributed by atoms with E-state index in [1.54, 1.807) is 13.2 Å². The van der Waals surface area contributed by atoms with Crippen molar-refractivity contribution >= 4 is 17.4 Å². The number of benzene rings is 1. The molecule has 1 aliphatic heterocycles. The van der Waals surface area contributed by atoms with E-state index in [1.807, 2.05) is 25.1 Å². The van der Waals surface area contributed by atoms with Crippen molar-refractivity contribution in [1.29, 1.82) is 0 Å². The molecule has 0 aliphatic carbocycles. The van der Waals surface area contributed by atoms with Gasteiger partial charge in [0.2, 0.25) is 5.91 Å². The Morgan fingerprint density at radius 3 is 2.58 bits per heavy atom. The number of hydrogen-bond acceptors (Lipinski definition) is 7. The molecule has 2 heterocycles. The van der Waals surface area contributed by atoms with Crippen molar-refractivity contribution in [2.24, 2.45) is 0 Å². The first kappa shape index (κ1) is 22.6. The van der Waals surface area contributed by atoms with Gasteiger partial charge < -0.3 is 24.6 Å². The van der Waals surface area contributed by atoms with Crippen molar-refractivity contribution in [3.63, 3.8) is 0 Å². The number of amides is 1. The Balaban J connectivity index is 1.57. The summed E-state index contributed by atoms with van der Waals surface area (Å²) in [5, 5.41) is 7.23. The van der Waals surface area contributed by atoms with Crippen LogP contribution in [0.3, 0.4) is 0 Å². The Hall–Kier alpha value is -3.07. The minimum atomic E-state index is -0.291. The molecular weight excluding hydrogens is 398 g/mol. The second-order valence-corrected chi connectivity index (χ2v) is 7.23. The molecule has 1 amide bonds. The number of anilines is 2. The highest BCUT2D eigenvalue weighted by atomic mass is 16.5. The third-order valence-corrected chi connectivity index (χ3v) is 5.17. The second kappa shape index (κ2) is 11.4. The summed E-state index contributed by atoms with van der Waals surface area (Å²) in [4.78, 5) is 28.7. The Labute approximate surface area is 182 Å². The van der Waals surface area contributed by atoms with Gasteiger partial charge in [0.05, 0.1) is 12.8 Å². The first-order valence-electron chi connectivity index (χ1n) is 10.7. The average molecular weight is 430 g/mol. The third kappa shape index (κ3) is 6.21. The lowest BCUT2D eigenvalue weighted by Crippen LogP contribution is -2.47. The maximum Gasteiger partial charge on any atom is 0.267 e. The smallest absolute Gasteiger partial charge is 0.267 e. The molecule has 1 aliphatic rings. The first-order chi connectivity index (χ1) is 15.1. The highest BCUT2D eigenvalue weighted by Gasteiger charge is 2.21. The van der Waals surface area contributed by atoms with Gasteiger partial charge in [-0.1, -0.05) is 12.1 Å². The quantitative estimate of drug-likeness (QED) is 0.566. The maximum atomic E-state index is 12.2. The van der Waals surface area contributed by atoms with Gasteiger partial charge in [0.15, 0.2) is 0 Å². The van der Waals surface area contributed by atoms with Crippen molar-refractivity contribution in [2.75, 3.05) is 62.8 Å². The lowest BCUT2D eigenvalue weighted by Gasteiger charge is -2.37. The summed E-state index contributed by atoms with van der Waals surface area (Å²) in [6, 6.07) is 11.2. The Bertz CT molecular complexity index is 909. The summed E-state index contributed by atoms with van der Waals surface area (Å²) in [5.74, 6) is 1.32. The molecule has 1 saturated heterocycles. The molecule has 0 bridgehead atoms. The zero-order valence-electron chi connectivity index (χ0n) is 18.2. The van der Waals surface area contributed by atoms with Crippen molar-refractivity contribution < 1.29 is 14.3 Å². The molecule has 1 N–H and O–H groups in total. The van der Waals surface area contributed by atoms with E-state index in [0.29, 0.717) is 25.6 Å². The molecule has 0 atom stereocenters. The molecule has 3 rings (SSSR count). The number of rotatable bonds is 10. The van der Waals surface area contributed by atoms with Gasteiger partial charge in [-0.2, -0.15) is 5.10 Å². The van der Waals surface area contributed by atoms with Gasteiger partial charge in [-0.05, 0) is 31.5 Å². The topological polar surface area (TPSA) is 88.9 Å². The fourth-order valence-electron chi connectivity index (χ4n) is 3.53. The fraction of sp³-hybridized carbons (Fsp3) is 0.500. The molecule has 0 radical (unpaired) electrons. The number of nitrogens with one attached hydrogen (secondary N) is 1. The van der Waals surface area contributed by atoms with Gasteiger partial charge >= 0.3 is 0 Å². The summed E-state index contributed by atoms with van der Waals surface area (Å²) < 4.78 is 11.9. The number of methoxy groups -OCH3 is 1. The molecule has 0 spiro atoms. The summed E-state index contributed by atoms with van der Waals surface area (Å²) >= 11 is 0. The lowest BCUT2D eigenvalue weighted by atomic mass is 10.2. The molecular formula is C22H31N5O4. The third-order valence-electron chi connectivity index (χ3n) is 5.17. The van der Waals surface area contributed by atoms with Crippen molar-refractivity contribution in [2.45, 2.75) is 19.9 Å². The van der Waals surface area contributed by atoms with Crippen LogP contribution in [0.25, 0.3) is 0 Å². The summed E-state index contributed by atoms with van der Waals surface area (Å²) in [6.45, 7) is 6.74. The van der Waals surface area contributed by atoms with Crippen LogP contribution in [0.4, 0.5) is 11.5 Å². The minimum Gasteiger partial charge on any atom is -0.495 e. The highest BCUT2D eigenvalue weighted by Crippen LogP contribution is 2.28. The van der Waals surface area contributed by atoms with Gasteiger partial charge in [-0.3, -0.25) is 9.59 Å². The van der Waals surface area contributed by atoms with Crippen molar-refractivity contribution in [3.05, 3.63) is 46.8 Å². The number of carbonyl (C=O) groups excluding carboxylic acids is 1. The average Bonchev–Trinajstić information content (AvgIpc) is 2.80. The number of aromatic nitrogens is 2. The number of para-hydroxylation sites is 2. The van der Waals surface area contributed by atoms with Crippen LogP contribution in [0, 0.1) is 0 Å². The Morgan fingerprint density at radius 1 is 1.10 bits per heavy atom. The Kier molecular flexibility index (Phi) is 8.28. The molecule has 1 aromatic heterocycles. The largest absolute Gasteiger partial charge is 0.495 e. The second-order valence-electron chi connectivity index (χ2n) is 7.23. The van der Waals surface area contributed by atoms with E-state index in [9.17, 15) is 9.59 Å². The number of ether oxygens (including phenoxy) is 2. The number of carbonyl (C=O) groups is 1. The summed E-state index contributed by atoms with van der Waals surface area (Å²) in [6.07, 6.45) is 0.735. The number of piperazine rings is 1. The van der Waals surface area contributed by atoms with Crippen LogP contribution in [-0.4, -0.2) is 68.7 Å². The van der Waals surface area contributed by atoms with Gasteiger partial charge in [-0.25, -0.2) is 4.68 Å². The van der Waals surface area contributed by atoms with Crippen LogP contribution in [-0.2, 0) is 16.1 Å². The summed E-state index contributed by atoms with van der Waals surface area (Å²) in [7, 11) is 1.68. The summed E-state index contributed by atoms with van der Waals surface area (Å²) in [5.41, 5.74) is 0.782. The zero-order valence-corrected chi connectivity index (χ0v) is 18.2. The van der Waals surface area contributed by atoms with Crippen LogP contribution in [0.1, 0.15) is 13.3 Å². The monoisotopic (exact) mass is 429 g/mol. The van der Waals surface area contributed by atoms with Crippen LogP contribution < -0.4 is 25.4 Å². The van der Waals surface area contributed by atoms with Gasteiger partial charge in [0.25, 0.3) is 5.56 Å². The predicted octanol–water partition coefficient (Wildman–Crippen LogP) is 1.12. The molecule has 9 nitrogen and oxygen atoms in total. The molecule has 9 heteroatoms. The van der Waals surface area contributed by atoms with E-state index in [-0.39, 0.29) is 18.0 Å². The van der Waals surface area contributed by atoms with E-state index in [4.69, 9.17) is 9.47 Å². The van der Waals surface area contributed by atoms with Crippen molar-refractivity contribution in [3.8, 4) is 5.75 Å². The standard InChI is InChI=1S/C22H31N5O4/c1-3-31-16-6-11-23-21(28)17-27-22(29)10-9-20(24-27)26-14-12-25(13-15-26)18-7-4-5-8-19(18)30-2/h4-5,7-10H,3,6,11-17H2,1-2H3,(H,23,28). The SMILES string of the molecule is CCOCCCNC(=O)Cn1nc(N2CCN(c3ccccc3OC)CC2)ccc1=O. The van der Waals surface area contributed by atoms with E-state index in [2.05, 4.69) is 26.3 Å². The number of hydrogen-bond donors (Lipinski definition) is 1. The van der Waals surface area contributed by atoms with E-state index >= 15 is 0 Å². The lowest BCUT2D eigenvalue weighted by molar-refractivity contribution is -0.121. The zero-order chi connectivity index (χ0) is 22.1. The van der Waals surface area contributed by atoms with Gasteiger partial charge in [0.1, 0.15) is 18.1 Å². The van der Waals surface area contributed by atoms with Crippen LogP contribution in [0.15, 0.2) is 41.2 Å². The molecule has 168 valence electrons. The van der Waals surface area contributed by atoms with Crippen LogP contribution in [0.5, 0.6) is 5.75 Å². The first-order valence-corrected chi connectivity index (χ1v) is 10.7. The van der Waals surface area contributed by atoms with Crippen molar-refractivity contribution in [1.82, 2.24) is 15.1 Å². The molecule has 31 heavy (non-hydrogen) atoms. The molecule has 1 aromatic carbocycles. The van der Waals surface area contributed by atoms with E-state index < -0.39 is 0 Å². The molecule has 2 aromatic rings. The fourth-order valence-corrected chi connectivity index (χ4v) is 3.53. The maximum absolute atomic E-state index is 12.2.